The molecule has 0 spiro atoms. The molecule has 2 aliphatic carbocycles. The summed E-state index contributed by atoms with van der Waals surface area (Å²) < 4.78 is 11.7. The van der Waals surface area contributed by atoms with Crippen LogP contribution in [0.25, 0.3) is 0 Å². The fraction of sp³-hybridized carbons (Fsp3) is 0.531. The number of hydrogen-bond acceptors (Lipinski definition) is 6. The molecule has 0 aromatic heterocycles. The summed E-state index contributed by atoms with van der Waals surface area (Å²) in [4.78, 5) is 41.6. The summed E-state index contributed by atoms with van der Waals surface area (Å²) >= 11 is 0. The molecule has 0 saturated carbocycles. The molecule has 0 bridgehead atoms. The van der Waals surface area contributed by atoms with Crippen LogP contribution in [0, 0.1) is 10.8 Å². The van der Waals surface area contributed by atoms with E-state index in [1.165, 1.54) is 0 Å². The van der Waals surface area contributed by atoms with Gasteiger partial charge in [0.15, 0.2) is 23.1 Å². The van der Waals surface area contributed by atoms with Gasteiger partial charge in [0.1, 0.15) is 0 Å². The van der Waals surface area contributed by atoms with Crippen LogP contribution in [0.5, 0.6) is 11.5 Å². The first-order valence-electron chi connectivity index (χ1n) is 13.8. The topological polar surface area (TPSA) is 93.1 Å². The van der Waals surface area contributed by atoms with Crippen molar-refractivity contribution in [2.75, 3.05) is 20.3 Å². The molecule has 4 rings (SSSR count). The highest BCUT2D eigenvalue weighted by atomic mass is 16.5. The van der Waals surface area contributed by atoms with Gasteiger partial charge in [0.05, 0.1) is 20.1 Å². The van der Waals surface area contributed by atoms with Crippen molar-refractivity contribution in [1.29, 1.82) is 0 Å². The van der Waals surface area contributed by atoms with Crippen molar-refractivity contribution < 1.29 is 29.0 Å². The van der Waals surface area contributed by atoms with Crippen molar-refractivity contribution in [2.24, 2.45) is 10.8 Å². The summed E-state index contributed by atoms with van der Waals surface area (Å²) in [6.45, 7) is 14.7. The monoisotopic (exact) mass is 535 g/mol. The molecule has 0 atom stereocenters. The molecular weight excluding hydrogens is 494 g/mol. The summed E-state index contributed by atoms with van der Waals surface area (Å²) in [5, 5.41) is 9.56. The lowest BCUT2D eigenvalue weighted by atomic mass is 9.63. The smallest absolute Gasteiger partial charge is 0.305 e. The molecule has 1 aromatic carbocycles. The lowest BCUT2D eigenvalue weighted by molar-refractivity contribution is -0.137. The summed E-state index contributed by atoms with van der Waals surface area (Å²) in [6.07, 6.45) is 4.24. The van der Waals surface area contributed by atoms with Gasteiger partial charge in [-0.05, 0) is 48.6 Å². The number of aliphatic carboxylic acids is 1. The Hall–Kier alpha value is -3.35. The Morgan fingerprint density at radius 1 is 1.05 bits per heavy atom. The summed E-state index contributed by atoms with van der Waals surface area (Å²) in [7, 11) is 1.60. The predicted molar refractivity (Wildman–Crippen MR) is 150 cm³/mol. The van der Waals surface area contributed by atoms with Crippen molar-refractivity contribution in [1.82, 2.24) is 4.90 Å². The SMILES string of the molecule is C=CCc1cc(C2C3=C(CC(C)(C)CC3=O)N(CCC(=O)O)C3=C2C(=O)CC(C)(C)C3)cc(OCC)c1OC. The molecule has 0 unspecified atom stereocenters. The third kappa shape index (κ3) is 5.54. The van der Waals surface area contributed by atoms with Crippen molar-refractivity contribution in [3.63, 3.8) is 0 Å². The van der Waals surface area contributed by atoms with Gasteiger partial charge in [-0.25, -0.2) is 0 Å². The van der Waals surface area contributed by atoms with E-state index >= 15 is 0 Å². The van der Waals surface area contributed by atoms with E-state index in [1.807, 2.05) is 24.0 Å². The lowest BCUT2D eigenvalue weighted by Crippen LogP contribution is -2.45. The molecule has 0 radical (unpaired) electrons. The summed E-state index contributed by atoms with van der Waals surface area (Å²) in [5.41, 5.74) is 4.06. The molecule has 7 heteroatoms. The highest BCUT2D eigenvalue weighted by molar-refractivity contribution is 6.07. The van der Waals surface area contributed by atoms with Crippen molar-refractivity contribution in [2.45, 2.75) is 79.1 Å². The second-order valence-electron chi connectivity index (χ2n) is 12.5. The number of methoxy groups -OCH3 is 1. The Kier molecular flexibility index (Phi) is 7.84. The average molecular weight is 536 g/mol. The zero-order chi connectivity index (χ0) is 28.7. The van der Waals surface area contributed by atoms with Crippen LogP contribution in [0.2, 0.25) is 0 Å². The lowest BCUT2D eigenvalue weighted by Gasteiger charge is -2.49. The zero-order valence-corrected chi connectivity index (χ0v) is 24.1. The number of carboxylic acids is 1. The molecule has 1 heterocycles. The first kappa shape index (κ1) is 28.7. The summed E-state index contributed by atoms with van der Waals surface area (Å²) in [5.74, 6) is -0.245. The Bertz CT molecular complexity index is 1230. The molecule has 210 valence electrons. The van der Waals surface area contributed by atoms with Crippen molar-refractivity contribution in [3.05, 3.63) is 58.5 Å². The second kappa shape index (κ2) is 10.7. The zero-order valence-electron chi connectivity index (χ0n) is 24.1. The molecule has 0 amide bonds. The van der Waals surface area contributed by atoms with E-state index in [0.717, 1.165) is 22.5 Å². The van der Waals surface area contributed by atoms with E-state index in [9.17, 15) is 19.5 Å². The molecule has 1 aromatic rings. The number of ether oxygens (including phenoxy) is 2. The van der Waals surface area contributed by atoms with Gasteiger partial charge in [-0.1, -0.05) is 39.8 Å². The van der Waals surface area contributed by atoms with Crippen LogP contribution in [0.3, 0.4) is 0 Å². The van der Waals surface area contributed by atoms with E-state index in [0.29, 0.717) is 61.4 Å². The Morgan fingerprint density at radius 2 is 1.62 bits per heavy atom. The Morgan fingerprint density at radius 3 is 2.08 bits per heavy atom. The number of allylic oxidation sites excluding steroid dienone is 5. The van der Waals surface area contributed by atoms with Gasteiger partial charge in [0.25, 0.3) is 0 Å². The maximum absolute atomic E-state index is 14.0. The minimum atomic E-state index is -0.908. The quantitative estimate of drug-likeness (QED) is 0.389. The largest absolute Gasteiger partial charge is 0.493 e. The fourth-order valence-corrected chi connectivity index (χ4v) is 6.51. The van der Waals surface area contributed by atoms with Crippen LogP contribution in [0.4, 0.5) is 0 Å². The van der Waals surface area contributed by atoms with Crippen LogP contribution in [-0.2, 0) is 20.8 Å². The number of ketones is 2. The maximum Gasteiger partial charge on any atom is 0.305 e. The molecular formula is C32H41NO6. The minimum absolute atomic E-state index is 0.00908. The van der Waals surface area contributed by atoms with E-state index in [4.69, 9.17) is 9.47 Å². The molecule has 3 aliphatic rings. The Labute approximate surface area is 231 Å². The molecule has 0 saturated heterocycles. The van der Waals surface area contributed by atoms with Crippen LogP contribution >= 0.6 is 0 Å². The third-order valence-corrected chi connectivity index (χ3v) is 7.93. The second-order valence-corrected chi connectivity index (χ2v) is 12.5. The number of hydrogen-bond donors (Lipinski definition) is 1. The van der Waals surface area contributed by atoms with Gasteiger partial charge in [-0.15, -0.1) is 6.58 Å². The number of carboxylic acid groups (broad SMARTS) is 1. The highest BCUT2D eigenvalue weighted by Crippen LogP contribution is 2.55. The van der Waals surface area contributed by atoms with E-state index in [1.54, 1.807) is 13.2 Å². The maximum atomic E-state index is 14.0. The fourth-order valence-electron chi connectivity index (χ4n) is 6.51. The first-order valence-corrected chi connectivity index (χ1v) is 13.8. The molecule has 1 N–H and O–H groups in total. The molecule has 39 heavy (non-hydrogen) atoms. The number of carbonyl (C=O) groups excluding carboxylic acids is 2. The number of Topliss-reactive ketones (excluding diaryl/α,β-unsaturated/α-hetero) is 2. The third-order valence-electron chi connectivity index (χ3n) is 7.93. The molecule has 0 fully saturated rings. The average Bonchev–Trinajstić information content (AvgIpc) is 2.81. The van der Waals surface area contributed by atoms with Gasteiger partial charge >= 0.3 is 5.97 Å². The van der Waals surface area contributed by atoms with Gasteiger partial charge in [-0.2, -0.15) is 0 Å². The summed E-state index contributed by atoms with van der Waals surface area (Å²) in [6, 6.07) is 3.91. The van der Waals surface area contributed by atoms with Gasteiger partial charge in [-0.3, -0.25) is 14.4 Å². The minimum Gasteiger partial charge on any atom is -0.493 e. The van der Waals surface area contributed by atoms with Crippen LogP contribution < -0.4 is 9.47 Å². The highest BCUT2D eigenvalue weighted by Gasteiger charge is 2.49. The van der Waals surface area contributed by atoms with E-state index < -0.39 is 11.9 Å². The van der Waals surface area contributed by atoms with Crippen molar-refractivity contribution in [3.8, 4) is 11.5 Å². The molecule has 1 aliphatic heterocycles. The number of benzene rings is 1. The van der Waals surface area contributed by atoms with Crippen LogP contribution in [-0.4, -0.2) is 47.8 Å². The first-order chi connectivity index (χ1) is 18.3. The number of rotatable bonds is 9. The number of carbonyl (C=O) groups is 3. The van der Waals surface area contributed by atoms with Gasteiger partial charge in [0.2, 0.25) is 0 Å². The standard InChI is InChI=1S/C32H41NO6/c1-8-10-19-13-20(14-25(39-9-2)30(19)38-7)27-28-21(15-31(3,4)17-23(28)34)33(12-11-26(36)37)22-16-32(5,6)18-24(35)29(22)27/h8,13-14,27H,1,9-12,15-18H2,2-7H3,(H,36,37). The van der Waals surface area contributed by atoms with E-state index in [2.05, 4.69) is 34.3 Å². The normalized spacial score (nSPS) is 20.5. The predicted octanol–water partition coefficient (Wildman–Crippen LogP) is 5.98. The number of nitrogens with zero attached hydrogens (tertiary/aromatic N) is 1. The van der Waals surface area contributed by atoms with Crippen molar-refractivity contribution >= 4 is 17.5 Å². The van der Waals surface area contributed by atoms with Crippen LogP contribution in [0.1, 0.15) is 83.8 Å². The van der Waals surface area contributed by atoms with Crippen LogP contribution in [0.15, 0.2) is 47.3 Å². The van der Waals surface area contributed by atoms with Gasteiger partial charge < -0.3 is 19.5 Å². The Balaban J connectivity index is 2.04. The van der Waals surface area contributed by atoms with Gasteiger partial charge in [0, 0.05) is 53.4 Å². The van der Waals surface area contributed by atoms with E-state index in [-0.39, 0.29) is 35.4 Å². The molecule has 7 nitrogen and oxygen atoms in total.